The molecule has 0 spiro atoms. The maximum atomic E-state index is 13.4. The minimum Gasteiger partial charge on any atom is -0.493 e. The van der Waals surface area contributed by atoms with Crippen molar-refractivity contribution in [3.63, 3.8) is 0 Å². The van der Waals surface area contributed by atoms with Gasteiger partial charge >= 0.3 is 5.97 Å². The minimum absolute atomic E-state index is 0.161. The van der Waals surface area contributed by atoms with E-state index in [2.05, 4.69) is 24.4 Å². The number of nitrogens with one attached hydrogen (secondary N) is 1. The number of hydrogen-bond acceptors (Lipinski definition) is 5. The van der Waals surface area contributed by atoms with E-state index in [1.807, 2.05) is 37.3 Å². The highest BCUT2D eigenvalue weighted by atomic mass is 16.5. The van der Waals surface area contributed by atoms with Crippen LogP contribution in [0.1, 0.15) is 43.4 Å². The largest absolute Gasteiger partial charge is 0.493 e. The first-order valence-electron chi connectivity index (χ1n) is 11.4. The van der Waals surface area contributed by atoms with Crippen LogP contribution in [0.15, 0.2) is 42.5 Å². The Morgan fingerprint density at radius 1 is 1.12 bits per heavy atom. The molecule has 3 rings (SSSR count). The minimum atomic E-state index is -1.01. The second-order valence-electron chi connectivity index (χ2n) is 8.52. The summed E-state index contributed by atoms with van der Waals surface area (Å²) >= 11 is 0. The quantitative estimate of drug-likeness (QED) is 0.572. The van der Waals surface area contributed by atoms with Crippen LogP contribution in [-0.2, 0) is 29.0 Å². The number of fused-ring (bicyclic) bond motifs is 1. The summed E-state index contributed by atoms with van der Waals surface area (Å²) in [5.74, 6) is -0.0944. The Morgan fingerprint density at radius 3 is 2.33 bits per heavy atom. The molecular weight excluding hydrogens is 420 g/mol. The molecule has 0 aromatic heterocycles. The van der Waals surface area contributed by atoms with Gasteiger partial charge in [-0.2, -0.15) is 0 Å². The molecule has 0 radical (unpaired) electrons. The number of aliphatic carboxylic acids is 1. The van der Waals surface area contributed by atoms with Gasteiger partial charge in [0.15, 0.2) is 11.5 Å². The molecule has 1 heterocycles. The van der Waals surface area contributed by atoms with E-state index in [4.69, 9.17) is 9.47 Å². The molecule has 1 amide bonds. The summed E-state index contributed by atoms with van der Waals surface area (Å²) in [6, 6.07) is 12.7. The Hall–Kier alpha value is -3.06. The fourth-order valence-corrected chi connectivity index (χ4v) is 4.43. The standard InChI is InChI=1S/C26H34N2O5/c1-5-21(12-11-18-9-7-6-8-10-18)27-17(2)25(29)28-16-20-15-24(33-4)23(32-3)14-19(20)13-22(28)26(30)31/h6-10,14-15,17,21-22,27H,5,11-13,16H2,1-4H3,(H,30,31). The van der Waals surface area contributed by atoms with Crippen molar-refractivity contribution in [2.24, 2.45) is 0 Å². The van der Waals surface area contributed by atoms with E-state index in [0.29, 0.717) is 11.5 Å². The molecule has 0 saturated carbocycles. The summed E-state index contributed by atoms with van der Waals surface area (Å²) in [6.07, 6.45) is 2.94. The lowest BCUT2D eigenvalue weighted by atomic mass is 9.92. The number of rotatable bonds is 10. The molecule has 1 aliphatic heterocycles. The maximum absolute atomic E-state index is 13.4. The highest BCUT2D eigenvalue weighted by molar-refractivity contribution is 5.87. The van der Waals surface area contributed by atoms with Crippen LogP contribution in [0.2, 0.25) is 0 Å². The number of methoxy groups -OCH3 is 2. The lowest BCUT2D eigenvalue weighted by molar-refractivity contribution is -0.152. The number of carboxylic acid groups (broad SMARTS) is 1. The molecule has 178 valence electrons. The van der Waals surface area contributed by atoms with Gasteiger partial charge in [-0.3, -0.25) is 4.79 Å². The lowest BCUT2D eigenvalue weighted by Gasteiger charge is -2.37. The smallest absolute Gasteiger partial charge is 0.326 e. The molecule has 0 bridgehead atoms. The van der Waals surface area contributed by atoms with Crippen molar-refractivity contribution >= 4 is 11.9 Å². The zero-order chi connectivity index (χ0) is 24.0. The number of amides is 1. The van der Waals surface area contributed by atoms with E-state index in [-0.39, 0.29) is 24.9 Å². The van der Waals surface area contributed by atoms with Crippen LogP contribution in [0.4, 0.5) is 0 Å². The molecule has 1 aliphatic rings. The Morgan fingerprint density at radius 2 is 1.76 bits per heavy atom. The monoisotopic (exact) mass is 454 g/mol. The topological polar surface area (TPSA) is 88.1 Å². The van der Waals surface area contributed by atoms with Crippen molar-refractivity contribution < 1.29 is 24.2 Å². The molecule has 7 heteroatoms. The number of carboxylic acids is 1. The van der Waals surface area contributed by atoms with Gasteiger partial charge in [0.05, 0.1) is 20.3 Å². The maximum Gasteiger partial charge on any atom is 0.326 e. The van der Waals surface area contributed by atoms with Gasteiger partial charge in [-0.25, -0.2) is 4.79 Å². The van der Waals surface area contributed by atoms with E-state index in [0.717, 1.165) is 30.4 Å². The molecule has 33 heavy (non-hydrogen) atoms. The predicted octanol–water partition coefficient (Wildman–Crippen LogP) is 3.43. The molecule has 2 aromatic carbocycles. The van der Waals surface area contributed by atoms with Crippen molar-refractivity contribution in [1.29, 1.82) is 0 Å². The molecule has 3 unspecified atom stereocenters. The molecule has 0 aliphatic carbocycles. The average Bonchev–Trinajstić information content (AvgIpc) is 2.84. The molecule has 0 fully saturated rings. The molecule has 7 nitrogen and oxygen atoms in total. The van der Waals surface area contributed by atoms with Crippen molar-refractivity contribution in [2.75, 3.05) is 14.2 Å². The molecule has 0 saturated heterocycles. The highest BCUT2D eigenvalue weighted by Gasteiger charge is 2.37. The number of carbonyl (C=O) groups excluding carboxylic acids is 1. The van der Waals surface area contributed by atoms with Crippen LogP contribution in [0, 0.1) is 0 Å². The molecule has 3 atom stereocenters. The van der Waals surface area contributed by atoms with E-state index >= 15 is 0 Å². The number of hydrogen-bond donors (Lipinski definition) is 2. The first-order valence-corrected chi connectivity index (χ1v) is 11.4. The van der Waals surface area contributed by atoms with E-state index in [1.165, 1.54) is 10.5 Å². The Bertz CT molecular complexity index is 963. The van der Waals surface area contributed by atoms with Gasteiger partial charge in [-0.1, -0.05) is 37.3 Å². The predicted molar refractivity (Wildman–Crippen MR) is 127 cm³/mol. The van der Waals surface area contributed by atoms with Crippen LogP contribution in [-0.4, -0.2) is 54.2 Å². The van der Waals surface area contributed by atoms with Crippen molar-refractivity contribution in [2.45, 2.75) is 64.2 Å². The van der Waals surface area contributed by atoms with E-state index in [1.54, 1.807) is 14.2 Å². The number of carbonyl (C=O) groups is 2. The second kappa shape index (κ2) is 11.2. The van der Waals surface area contributed by atoms with Crippen molar-refractivity contribution in [3.05, 3.63) is 59.2 Å². The van der Waals surface area contributed by atoms with Gasteiger partial charge in [-0.05, 0) is 55.0 Å². The van der Waals surface area contributed by atoms with Gasteiger partial charge in [-0.15, -0.1) is 0 Å². The summed E-state index contributed by atoms with van der Waals surface area (Å²) in [4.78, 5) is 26.9. The van der Waals surface area contributed by atoms with Gasteiger partial charge in [0.2, 0.25) is 5.91 Å². The molecule has 2 N–H and O–H groups in total. The zero-order valence-corrected chi connectivity index (χ0v) is 19.8. The number of nitrogens with zero attached hydrogens (tertiary/aromatic N) is 1. The zero-order valence-electron chi connectivity index (χ0n) is 19.8. The summed E-state index contributed by atoms with van der Waals surface area (Å²) in [5, 5.41) is 13.3. The van der Waals surface area contributed by atoms with Gasteiger partial charge in [0, 0.05) is 19.0 Å². The van der Waals surface area contributed by atoms with Crippen molar-refractivity contribution in [1.82, 2.24) is 10.2 Å². The summed E-state index contributed by atoms with van der Waals surface area (Å²) in [6.45, 7) is 4.13. The Labute approximate surface area is 195 Å². The van der Waals surface area contributed by atoms with Crippen LogP contribution in [0.3, 0.4) is 0 Å². The summed E-state index contributed by atoms with van der Waals surface area (Å²) < 4.78 is 10.8. The van der Waals surface area contributed by atoms with Gasteiger partial charge in [0.1, 0.15) is 6.04 Å². The third kappa shape index (κ3) is 5.85. The van der Waals surface area contributed by atoms with Crippen molar-refractivity contribution in [3.8, 4) is 11.5 Å². The summed E-state index contributed by atoms with van der Waals surface area (Å²) in [5.41, 5.74) is 3.00. The number of ether oxygens (including phenoxy) is 2. The fourth-order valence-electron chi connectivity index (χ4n) is 4.43. The van der Waals surface area contributed by atoms with Crippen LogP contribution < -0.4 is 14.8 Å². The summed E-state index contributed by atoms with van der Waals surface area (Å²) in [7, 11) is 3.11. The van der Waals surface area contributed by atoms with Gasteiger partial charge < -0.3 is 24.8 Å². The first-order chi connectivity index (χ1) is 15.9. The second-order valence-corrected chi connectivity index (χ2v) is 8.52. The first kappa shape index (κ1) is 24.6. The number of benzene rings is 2. The third-order valence-electron chi connectivity index (χ3n) is 6.38. The van der Waals surface area contributed by atoms with Crippen LogP contribution >= 0.6 is 0 Å². The molecule has 2 aromatic rings. The molecular formula is C26H34N2O5. The Balaban J connectivity index is 1.73. The van der Waals surface area contributed by atoms with E-state index in [9.17, 15) is 14.7 Å². The number of aryl methyl sites for hydroxylation is 1. The highest BCUT2D eigenvalue weighted by Crippen LogP contribution is 2.35. The fraction of sp³-hybridized carbons (Fsp3) is 0.462. The Kier molecular flexibility index (Phi) is 8.33. The van der Waals surface area contributed by atoms with E-state index < -0.39 is 18.1 Å². The van der Waals surface area contributed by atoms with Crippen LogP contribution in [0.5, 0.6) is 11.5 Å². The van der Waals surface area contributed by atoms with Gasteiger partial charge in [0.25, 0.3) is 0 Å². The normalized spacial score (nSPS) is 17.1. The third-order valence-corrected chi connectivity index (χ3v) is 6.38. The average molecular weight is 455 g/mol. The SMILES string of the molecule is CCC(CCc1ccccc1)NC(C)C(=O)N1Cc2cc(OC)c(OC)cc2CC1C(=O)O. The lowest BCUT2D eigenvalue weighted by Crippen LogP contribution is -2.55. The van der Waals surface area contributed by atoms with Crippen LogP contribution in [0.25, 0.3) is 0 Å².